The lowest BCUT2D eigenvalue weighted by Gasteiger charge is -2.26. The fraction of sp³-hybridized carbons (Fsp3) is 1.00. The highest BCUT2D eigenvalue weighted by Crippen LogP contribution is 2.19. The minimum absolute atomic E-state index is 0.244. The molecule has 2 nitrogen and oxygen atoms in total. The predicted molar refractivity (Wildman–Crippen MR) is 67.2 cm³/mol. The maximum Gasteiger partial charge on any atom is 0.0529 e. The molecule has 0 heterocycles. The summed E-state index contributed by atoms with van der Waals surface area (Å²) in [4.78, 5) is 0. The van der Waals surface area contributed by atoms with Gasteiger partial charge in [0, 0.05) is 18.6 Å². The summed E-state index contributed by atoms with van der Waals surface area (Å²) in [7, 11) is 0. The van der Waals surface area contributed by atoms with Gasteiger partial charge in [0.05, 0.1) is 6.61 Å². The number of hydrogen-bond acceptors (Lipinski definition) is 2. The molecule has 0 amide bonds. The zero-order valence-corrected chi connectivity index (χ0v) is 11.4. The van der Waals surface area contributed by atoms with Crippen molar-refractivity contribution in [3.05, 3.63) is 0 Å². The van der Waals surface area contributed by atoms with Crippen LogP contribution < -0.4 is 5.32 Å². The standard InChI is InChI=1S/C13H29NO/c1-7-14-10-13(5,6)11-15-9-8-12(2,3)4/h14H,7-11H2,1-6H3. The van der Waals surface area contributed by atoms with Gasteiger partial charge in [0.15, 0.2) is 0 Å². The van der Waals surface area contributed by atoms with Crippen molar-refractivity contribution in [3.8, 4) is 0 Å². The van der Waals surface area contributed by atoms with E-state index >= 15 is 0 Å². The molecule has 0 rings (SSSR count). The fourth-order valence-electron chi connectivity index (χ4n) is 1.24. The predicted octanol–water partition coefficient (Wildman–Crippen LogP) is 3.07. The molecule has 0 aliphatic carbocycles. The van der Waals surface area contributed by atoms with Gasteiger partial charge < -0.3 is 10.1 Å². The van der Waals surface area contributed by atoms with Crippen molar-refractivity contribution in [2.45, 2.75) is 48.0 Å². The molecule has 2 heteroatoms. The highest BCUT2D eigenvalue weighted by molar-refractivity contribution is 4.70. The van der Waals surface area contributed by atoms with Gasteiger partial charge in [-0.1, -0.05) is 41.5 Å². The van der Waals surface area contributed by atoms with Crippen LogP contribution in [0.25, 0.3) is 0 Å². The van der Waals surface area contributed by atoms with E-state index in [2.05, 4.69) is 46.9 Å². The van der Waals surface area contributed by atoms with Crippen LogP contribution in [-0.2, 0) is 4.74 Å². The fourth-order valence-corrected chi connectivity index (χ4v) is 1.24. The maximum absolute atomic E-state index is 5.73. The van der Waals surface area contributed by atoms with Gasteiger partial charge in [0.25, 0.3) is 0 Å². The molecule has 0 aliphatic heterocycles. The molecule has 0 radical (unpaired) electrons. The van der Waals surface area contributed by atoms with Gasteiger partial charge >= 0.3 is 0 Å². The lowest BCUT2D eigenvalue weighted by atomic mass is 9.92. The molecule has 0 unspecified atom stereocenters. The maximum atomic E-state index is 5.73. The van der Waals surface area contributed by atoms with Crippen LogP contribution in [0.5, 0.6) is 0 Å². The smallest absolute Gasteiger partial charge is 0.0529 e. The van der Waals surface area contributed by atoms with E-state index in [-0.39, 0.29) is 5.41 Å². The minimum atomic E-state index is 0.244. The summed E-state index contributed by atoms with van der Waals surface area (Å²) >= 11 is 0. The van der Waals surface area contributed by atoms with E-state index in [1.54, 1.807) is 0 Å². The van der Waals surface area contributed by atoms with Crippen LogP contribution in [-0.4, -0.2) is 26.3 Å². The molecular formula is C13H29NO. The second-order valence-electron chi connectivity index (χ2n) is 6.31. The molecule has 0 fully saturated rings. The van der Waals surface area contributed by atoms with Gasteiger partial charge in [-0.15, -0.1) is 0 Å². The van der Waals surface area contributed by atoms with E-state index in [0.717, 1.165) is 32.7 Å². The van der Waals surface area contributed by atoms with Gasteiger partial charge in [0.2, 0.25) is 0 Å². The molecular weight excluding hydrogens is 186 g/mol. The highest BCUT2D eigenvalue weighted by atomic mass is 16.5. The monoisotopic (exact) mass is 215 g/mol. The van der Waals surface area contributed by atoms with Crippen molar-refractivity contribution in [1.82, 2.24) is 5.32 Å². The molecule has 0 aliphatic rings. The summed E-state index contributed by atoms with van der Waals surface area (Å²) in [6, 6.07) is 0. The molecule has 15 heavy (non-hydrogen) atoms. The van der Waals surface area contributed by atoms with Crippen LogP contribution in [0.15, 0.2) is 0 Å². The number of hydrogen-bond donors (Lipinski definition) is 1. The van der Waals surface area contributed by atoms with Gasteiger partial charge in [-0.2, -0.15) is 0 Å². The Morgan fingerprint density at radius 3 is 2.13 bits per heavy atom. The summed E-state index contributed by atoms with van der Waals surface area (Å²) in [5, 5.41) is 3.37. The summed E-state index contributed by atoms with van der Waals surface area (Å²) in [5.41, 5.74) is 0.625. The highest BCUT2D eigenvalue weighted by Gasteiger charge is 2.18. The van der Waals surface area contributed by atoms with E-state index in [9.17, 15) is 0 Å². The third kappa shape index (κ3) is 10.2. The average Bonchev–Trinajstić information content (AvgIpc) is 2.08. The van der Waals surface area contributed by atoms with E-state index in [1.165, 1.54) is 0 Å². The normalized spacial score (nSPS) is 13.2. The molecule has 0 atom stereocenters. The molecule has 0 saturated heterocycles. The summed E-state index contributed by atoms with van der Waals surface area (Å²) < 4.78 is 5.73. The van der Waals surface area contributed by atoms with Crippen molar-refractivity contribution < 1.29 is 4.74 Å². The van der Waals surface area contributed by atoms with E-state index in [4.69, 9.17) is 4.74 Å². The Hall–Kier alpha value is -0.0800. The lowest BCUT2D eigenvalue weighted by molar-refractivity contribution is 0.0481. The largest absolute Gasteiger partial charge is 0.381 e. The molecule has 92 valence electrons. The van der Waals surface area contributed by atoms with Crippen molar-refractivity contribution in [1.29, 1.82) is 0 Å². The van der Waals surface area contributed by atoms with Crippen LogP contribution in [0, 0.1) is 10.8 Å². The minimum Gasteiger partial charge on any atom is -0.381 e. The zero-order chi connectivity index (χ0) is 11.9. The Morgan fingerprint density at radius 2 is 1.67 bits per heavy atom. The first-order valence-electron chi connectivity index (χ1n) is 6.05. The first kappa shape index (κ1) is 14.9. The molecule has 0 spiro atoms. The second kappa shape index (κ2) is 6.49. The first-order chi connectivity index (χ1) is 6.77. The molecule has 0 saturated carbocycles. The lowest BCUT2D eigenvalue weighted by Crippen LogP contribution is -2.33. The topological polar surface area (TPSA) is 21.3 Å². The van der Waals surface area contributed by atoms with Crippen molar-refractivity contribution >= 4 is 0 Å². The molecule has 1 N–H and O–H groups in total. The summed E-state index contributed by atoms with van der Waals surface area (Å²) in [5.74, 6) is 0. The van der Waals surface area contributed by atoms with E-state index in [0.29, 0.717) is 5.41 Å². The Labute approximate surface area is 95.8 Å². The van der Waals surface area contributed by atoms with E-state index < -0.39 is 0 Å². The number of ether oxygens (including phenoxy) is 1. The van der Waals surface area contributed by atoms with Crippen molar-refractivity contribution in [2.24, 2.45) is 10.8 Å². The van der Waals surface area contributed by atoms with Crippen LogP contribution in [0.4, 0.5) is 0 Å². The molecule has 0 aromatic rings. The van der Waals surface area contributed by atoms with Crippen molar-refractivity contribution in [2.75, 3.05) is 26.3 Å². The van der Waals surface area contributed by atoms with Gasteiger partial charge in [0.1, 0.15) is 0 Å². The van der Waals surface area contributed by atoms with Crippen LogP contribution >= 0.6 is 0 Å². The Balaban J connectivity index is 3.57. The van der Waals surface area contributed by atoms with Crippen LogP contribution in [0.2, 0.25) is 0 Å². The zero-order valence-electron chi connectivity index (χ0n) is 11.4. The van der Waals surface area contributed by atoms with Gasteiger partial charge in [-0.25, -0.2) is 0 Å². The molecule has 0 aromatic heterocycles. The SMILES string of the molecule is CCNCC(C)(C)COCCC(C)(C)C. The number of nitrogens with one attached hydrogen (secondary N) is 1. The Kier molecular flexibility index (Phi) is 6.46. The van der Waals surface area contributed by atoms with Gasteiger partial charge in [-0.05, 0) is 18.4 Å². The number of rotatable bonds is 7. The molecule has 0 bridgehead atoms. The van der Waals surface area contributed by atoms with Crippen molar-refractivity contribution in [3.63, 3.8) is 0 Å². The Morgan fingerprint density at radius 1 is 1.07 bits per heavy atom. The quantitative estimate of drug-likeness (QED) is 0.659. The second-order valence-corrected chi connectivity index (χ2v) is 6.31. The van der Waals surface area contributed by atoms with Crippen LogP contribution in [0.1, 0.15) is 48.0 Å². The molecule has 0 aromatic carbocycles. The van der Waals surface area contributed by atoms with Crippen LogP contribution in [0.3, 0.4) is 0 Å². The summed E-state index contributed by atoms with van der Waals surface area (Å²) in [6.45, 7) is 17.1. The first-order valence-corrected chi connectivity index (χ1v) is 6.05. The third-order valence-electron chi connectivity index (χ3n) is 2.34. The van der Waals surface area contributed by atoms with E-state index in [1.807, 2.05) is 0 Å². The Bertz CT molecular complexity index is 158. The average molecular weight is 215 g/mol. The summed E-state index contributed by atoms with van der Waals surface area (Å²) in [6.07, 6.45) is 1.13. The van der Waals surface area contributed by atoms with Gasteiger partial charge in [-0.3, -0.25) is 0 Å². The third-order valence-corrected chi connectivity index (χ3v) is 2.34.